The smallest absolute Gasteiger partial charge is 0.124 e. The highest BCUT2D eigenvalue weighted by Crippen LogP contribution is 2.16. The summed E-state index contributed by atoms with van der Waals surface area (Å²) in [6.45, 7) is 2.04. The lowest BCUT2D eigenvalue weighted by molar-refractivity contribution is 0.474. The molecule has 0 aromatic heterocycles. The van der Waals surface area contributed by atoms with Gasteiger partial charge in [-0.1, -0.05) is 29.8 Å². The third-order valence-electron chi connectivity index (χ3n) is 2.32. The SMILES string of the molecule is Cc1ccc(N=Cc2ccccc2O)cc1. The summed E-state index contributed by atoms with van der Waals surface area (Å²) in [6, 6.07) is 15.1. The van der Waals surface area contributed by atoms with Gasteiger partial charge in [-0.15, -0.1) is 0 Å². The van der Waals surface area contributed by atoms with Crippen molar-refractivity contribution in [3.63, 3.8) is 0 Å². The van der Waals surface area contributed by atoms with Gasteiger partial charge in [0, 0.05) is 11.8 Å². The van der Waals surface area contributed by atoms with Gasteiger partial charge >= 0.3 is 0 Å². The highest BCUT2D eigenvalue weighted by Gasteiger charge is 1.94. The molecule has 2 aromatic carbocycles. The Morgan fingerprint density at radius 3 is 2.38 bits per heavy atom. The maximum atomic E-state index is 9.54. The van der Waals surface area contributed by atoms with Crippen LogP contribution in [0.4, 0.5) is 5.69 Å². The lowest BCUT2D eigenvalue weighted by Crippen LogP contribution is -1.80. The van der Waals surface area contributed by atoms with Gasteiger partial charge in [0.05, 0.1) is 5.69 Å². The van der Waals surface area contributed by atoms with Crippen molar-refractivity contribution in [3.05, 3.63) is 59.7 Å². The summed E-state index contributed by atoms with van der Waals surface area (Å²) in [6.07, 6.45) is 1.67. The van der Waals surface area contributed by atoms with Gasteiger partial charge in [0.1, 0.15) is 5.75 Å². The molecule has 0 aliphatic heterocycles. The van der Waals surface area contributed by atoms with Crippen molar-refractivity contribution >= 4 is 11.9 Å². The van der Waals surface area contributed by atoms with Gasteiger partial charge in [-0.3, -0.25) is 4.99 Å². The van der Waals surface area contributed by atoms with E-state index in [1.807, 2.05) is 43.3 Å². The van der Waals surface area contributed by atoms with Crippen LogP contribution in [0.25, 0.3) is 0 Å². The summed E-state index contributed by atoms with van der Waals surface area (Å²) in [5.41, 5.74) is 2.82. The molecule has 0 amide bonds. The molecule has 0 saturated carbocycles. The average molecular weight is 211 g/mol. The number of phenolic OH excluding ortho intramolecular Hbond substituents is 1. The van der Waals surface area contributed by atoms with Gasteiger partial charge < -0.3 is 5.11 Å². The van der Waals surface area contributed by atoms with Crippen molar-refractivity contribution in [2.45, 2.75) is 6.92 Å². The number of nitrogens with zero attached hydrogens (tertiary/aromatic N) is 1. The normalized spacial score (nSPS) is 10.8. The molecular weight excluding hydrogens is 198 g/mol. The van der Waals surface area contributed by atoms with Gasteiger partial charge in [0.25, 0.3) is 0 Å². The first-order chi connectivity index (χ1) is 7.75. The number of phenols is 1. The molecule has 0 unspecified atom stereocenters. The standard InChI is InChI=1S/C14H13NO/c1-11-6-8-13(9-7-11)15-10-12-4-2-3-5-14(12)16/h2-10,16H,1H3. The minimum absolute atomic E-state index is 0.248. The summed E-state index contributed by atoms with van der Waals surface area (Å²) < 4.78 is 0. The minimum atomic E-state index is 0.248. The summed E-state index contributed by atoms with van der Waals surface area (Å²) in [7, 11) is 0. The van der Waals surface area contributed by atoms with E-state index >= 15 is 0 Å². The van der Waals surface area contributed by atoms with Gasteiger partial charge in [0.15, 0.2) is 0 Å². The Labute approximate surface area is 94.9 Å². The van der Waals surface area contributed by atoms with Crippen molar-refractivity contribution in [3.8, 4) is 5.75 Å². The monoisotopic (exact) mass is 211 g/mol. The summed E-state index contributed by atoms with van der Waals surface area (Å²) in [4.78, 5) is 4.29. The molecule has 0 spiro atoms. The van der Waals surface area contributed by atoms with Crippen LogP contribution in [-0.2, 0) is 0 Å². The second-order valence-electron chi connectivity index (χ2n) is 3.65. The van der Waals surface area contributed by atoms with E-state index in [0.29, 0.717) is 0 Å². The third-order valence-corrected chi connectivity index (χ3v) is 2.32. The first-order valence-electron chi connectivity index (χ1n) is 5.14. The predicted molar refractivity (Wildman–Crippen MR) is 66.5 cm³/mol. The van der Waals surface area contributed by atoms with Crippen LogP contribution in [0.3, 0.4) is 0 Å². The molecule has 0 aliphatic carbocycles. The fourth-order valence-electron chi connectivity index (χ4n) is 1.37. The average Bonchev–Trinajstić information content (AvgIpc) is 2.30. The Morgan fingerprint density at radius 1 is 1.00 bits per heavy atom. The van der Waals surface area contributed by atoms with Gasteiger partial charge in [-0.05, 0) is 31.2 Å². The third kappa shape index (κ3) is 2.48. The van der Waals surface area contributed by atoms with Crippen molar-refractivity contribution in [2.24, 2.45) is 4.99 Å². The van der Waals surface area contributed by atoms with Crippen molar-refractivity contribution < 1.29 is 5.11 Å². The van der Waals surface area contributed by atoms with Crippen LogP contribution >= 0.6 is 0 Å². The van der Waals surface area contributed by atoms with Crippen LogP contribution in [0, 0.1) is 6.92 Å². The highest BCUT2D eigenvalue weighted by molar-refractivity contribution is 5.85. The number of aryl methyl sites for hydroxylation is 1. The fourth-order valence-corrected chi connectivity index (χ4v) is 1.37. The maximum Gasteiger partial charge on any atom is 0.124 e. The Kier molecular flexibility index (Phi) is 3.01. The zero-order valence-electron chi connectivity index (χ0n) is 9.09. The fraction of sp³-hybridized carbons (Fsp3) is 0.0714. The number of aliphatic imine (C=N–C) groups is 1. The lowest BCUT2D eigenvalue weighted by atomic mass is 10.2. The van der Waals surface area contributed by atoms with Crippen molar-refractivity contribution in [2.75, 3.05) is 0 Å². The second-order valence-corrected chi connectivity index (χ2v) is 3.65. The molecule has 80 valence electrons. The molecule has 2 aromatic rings. The van der Waals surface area contributed by atoms with Crippen LogP contribution in [-0.4, -0.2) is 11.3 Å². The topological polar surface area (TPSA) is 32.6 Å². The maximum absolute atomic E-state index is 9.54. The van der Waals surface area contributed by atoms with E-state index in [2.05, 4.69) is 4.99 Å². The number of hydrogen-bond donors (Lipinski definition) is 1. The molecule has 0 saturated heterocycles. The molecular formula is C14H13NO. The Morgan fingerprint density at radius 2 is 1.69 bits per heavy atom. The Bertz CT molecular complexity index is 500. The van der Waals surface area contributed by atoms with Crippen molar-refractivity contribution in [1.82, 2.24) is 0 Å². The summed E-state index contributed by atoms with van der Waals surface area (Å²) in [5, 5.41) is 9.54. The van der Waals surface area contributed by atoms with Gasteiger partial charge in [-0.2, -0.15) is 0 Å². The molecule has 0 atom stereocenters. The van der Waals surface area contributed by atoms with Crippen molar-refractivity contribution in [1.29, 1.82) is 0 Å². The molecule has 0 aliphatic rings. The number of aromatic hydroxyl groups is 1. The van der Waals surface area contributed by atoms with E-state index in [4.69, 9.17) is 0 Å². The largest absolute Gasteiger partial charge is 0.507 e. The number of para-hydroxylation sites is 1. The number of benzene rings is 2. The summed E-state index contributed by atoms with van der Waals surface area (Å²) in [5.74, 6) is 0.248. The van der Waals surface area contributed by atoms with Crippen LogP contribution in [0.15, 0.2) is 53.5 Å². The molecule has 16 heavy (non-hydrogen) atoms. The molecule has 0 bridgehead atoms. The number of hydrogen-bond acceptors (Lipinski definition) is 2. The molecule has 2 heteroatoms. The first-order valence-corrected chi connectivity index (χ1v) is 5.14. The van der Waals surface area contributed by atoms with Crippen LogP contribution in [0.1, 0.15) is 11.1 Å². The molecule has 0 heterocycles. The van der Waals surface area contributed by atoms with E-state index in [1.54, 1.807) is 18.3 Å². The molecule has 2 rings (SSSR count). The van der Waals surface area contributed by atoms with E-state index in [-0.39, 0.29) is 5.75 Å². The van der Waals surface area contributed by atoms with Crippen LogP contribution in [0.2, 0.25) is 0 Å². The Hall–Kier alpha value is -2.09. The summed E-state index contributed by atoms with van der Waals surface area (Å²) >= 11 is 0. The lowest BCUT2D eigenvalue weighted by Gasteiger charge is -1.97. The van der Waals surface area contributed by atoms with Gasteiger partial charge in [-0.25, -0.2) is 0 Å². The number of rotatable bonds is 2. The minimum Gasteiger partial charge on any atom is -0.507 e. The van der Waals surface area contributed by atoms with Crippen LogP contribution in [0.5, 0.6) is 5.75 Å². The quantitative estimate of drug-likeness (QED) is 0.758. The van der Waals surface area contributed by atoms with E-state index in [1.165, 1.54) is 5.56 Å². The molecule has 0 fully saturated rings. The molecule has 1 N–H and O–H groups in total. The predicted octanol–water partition coefficient (Wildman–Crippen LogP) is 3.45. The molecule has 0 radical (unpaired) electrons. The van der Waals surface area contributed by atoms with Gasteiger partial charge in [0.2, 0.25) is 0 Å². The highest BCUT2D eigenvalue weighted by atomic mass is 16.3. The zero-order chi connectivity index (χ0) is 11.4. The molecule has 2 nitrogen and oxygen atoms in total. The first kappa shape index (κ1) is 10.4. The second kappa shape index (κ2) is 4.62. The van der Waals surface area contributed by atoms with E-state index in [0.717, 1.165) is 11.3 Å². The van der Waals surface area contributed by atoms with E-state index in [9.17, 15) is 5.11 Å². The van der Waals surface area contributed by atoms with E-state index < -0.39 is 0 Å². The zero-order valence-corrected chi connectivity index (χ0v) is 9.09. The van der Waals surface area contributed by atoms with Crippen LogP contribution < -0.4 is 0 Å². The Balaban J connectivity index is 2.21.